The van der Waals surface area contributed by atoms with E-state index in [0.29, 0.717) is 91.6 Å². The summed E-state index contributed by atoms with van der Waals surface area (Å²) in [6.07, 6.45) is -1.01. The van der Waals surface area contributed by atoms with Crippen molar-refractivity contribution >= 4 is 5.97 Å². The minimum absolute atomic E-state index is 0.0243. The SMILES string of the molecule is C=C(C)C(=O)O.OCCOCCOCCOCCOCCOCCOCCOCC(O)Oc1ccccc1. The summed E-state index contributed by atoms with van der Waals surface area (Å²) < 4.78 is 42.5. The Morgan fingerprint density at radius 2 is 1.05 bits per heavy atom. The van der Waals surface area contributed by atoms with Gasteiger partial charge in [0, 0.05) is 5.57 Å². The number of rotatable bonds is 25. The van der Waals surface area contributed by atoms with Crippen LogP contribution < -0.4 is 4.74 Å². The van der Waals surface area contributed by atoms with E-state index < -0.39 is 12.3 Å². The molecule has 0 saturated heterocycles. The molecule has 0 fully saturated rings. The molecule has 3 N–H and O–H groups in total. The first-order valence-electron chi connectivity index (χ1n) is 12.4. The molecular formula is C26H44O12. The van der Waals surface area contributed by atoms with E-state index >= 15 is 0 Å². The molecule has 12 heteroatoms. The number of benzene rings is 1. The van der Waals surface area contributed by atoms with Gasteiger partial charge in [0.1, 0.15) is 12.4 Å². The molecule has 0 aliphatic heterocycles. The van der Waals surface area contributed by atoms with Crippen molar-refractivity contribution in [2.75, 3.05) is 99.1 Å². The molecule has 220 valence electrons. The number of ether oxygens (including phenoxy) is 8. The lowest BCUT2D eigenvalue weighted by molar-refractivity contribution is -0.132. The minimum atomic E-state index is -1.01. The number of aliphatic carboxylic acids is 1. The largest absolute Gasteiger partial charge is 0.478 e. The monoisotopic (exact) mass is 548 g/mol. The van der Waals surface area contributed by atoms with E-state index in [0.717, 1.165) is 0 Å². The number of aliphatic hydroxyl groups excluding tert-OH is 2. The highest BCUT2D eigenvalue weighted by molar-refractivity contribution is 5.84. The lowest BCUT2D eigenvalue weighted by atomic mass is 10.3. The molecule has 0 amide bonds. The summed E-state index contributed by atoms with van der Waals surface area (Å²) >= 11 is 0. The van der Waals surface area contributed by atoms with E-state index in [-0.39, 0.29) is 18.8 Å². The van der Waals surface area contributed by atoms with E-state index in [2.05, 4.69) is 6.58 Å². The van der Waals surface area contributed by atoms with E-state index in [1.54, 1.807) is 12.1 Å². The van der Waals surface area contributed by atoms with Crippen molar-refractivity contribution in [3.8, 4) is 5.75 Å². The van der Waals surface area contributed by atoms with Gasteiger partial charge in [0.05, 0.1) is 92.5 Å². The van der Waals surface area contributed by atoms with E-state index in [4.69, 9.17) is 48.1 Å². The van der Waals surface area contributed by atoms with Gasteiger partial charge in [-0.3, -0.25) is 0 Å². The molecule has 0 bridgehead atoms. The second-order valence-corrected chi connectivity index (χ2v) is 7.44. The second-order valence-electron chi connectivity index (χ2n) is 7.44. The average Bonchev–Trinajstić information content (AvgIpc) is 2.90. The number of carboxylic acids is 1. The third-order valence-electron chi connectivity index (χ3n) is 4.11. The summed E-state index contributed by atoms with van der Waals surface area (Å²) in [5.74, 6) is -0.342. The lowest BCUT2D eigenvalue weighted by Gasteiger charge is -2.13. The number of hydrogen-bond acceptors (Lipinski definition) is 11. The Labute approximate surface area is 224 Å². The number of aliphatic hydroxyl groups is 2. The number of para-hydroxylation sites is 1. The Balaban J connectivity index is 0.00000203. The first-order chi connectivity index (χ1) is 18.5. The Hall–Kier alpha value is -2.13. The van der Waals surface area contributed by atoms with E-state index in [1.165, 1.54) is 6.92 Å². The predicted molar refractivity (Wildman–Crippen MR) is 138 cm³/mol. The van der Waals surface area contributed by atoms with Crippen LogP contribution in [0.5, 0.6) is 5.75 Å². The number of carbonyl (C=O) groups is 1. The Morgan fingerprint density at radius 1 is 0.711 bits per heavy atom. The molecule has 0 aliphatic carbocycles. The van der Waals surface area contributed by atoms with Gasteiger partial charge in [0.15, 0.2) is 0 Å². The molecule has 0 aliphatic rings. The molecule has 12 nitrogen and oxygen atoms in total. The highest BCUT2D eigenvalue weighted by Crippen LogP contribution is 2.09. The summed E-state index contributed by atoms with van der Waals surface area (Å²) in [5.41, 5.74) is 0.176. The van der Waals surface area contributed by atoms with Gasteiger partial charge in [0.25, 0.3) is 0 Å². The maximum absolute atomic E-state index is 9.72. The second kappa shape index (κ2) is 27.9. The first kappa shape index (κ1) is 35.9. The van der Waals surface area contributed by atoms with Crippen molar-refractivity contribution in [2.24, 2.45) is 0 Å². The fourth-order valence-electron chi connectivity index (χ4n) is 2.26. The van der Waals surface area contributed by atoms with Crippen molar-refractivity contribution in [3.05, 3.63) is 42.5 Å². The van der Waals surface area contributed by atoms with Crippen molar-refractivity contribution < 1.29 is 58.0 Å². The topological polar surface area (TPSA) is 152 Å². The molecule has 0 heterocycles. The highest BCUT2D eigenvalue weighted by atomic mass is 16.6. The normalized spacial score (nSPS) is 11.4. The molecule has 1 atom stereocenters. The van der Waals surface area contributed by atoms with Crippen LogP contribution in [0.1, 0.15) is 6.92 Å². The van der Waals surface area contributed by atoms with E-state index in [9.17, 15) is 9.90 Å². The number of carboxylic acid groups (broad SMARTS) is 1. The zero-order valence-corrected chi connectivity index (χ0v) is 22.3. The molecule has 0 spiro atoms. The van der Waals surface area contributed by atoms with Gasteiger partial charge in [-0.1, -0.05) is 24.8 Å². The van der Waals surface area contributed by atoms with Crippen LogP contribution in [0.25, 0.3) is 0 Å². The molecular weight excluding hydrogens is 504 g/mol. The van der Waals surface area contributed by atoms with Gasteiger partial charge in [-0.2, -0.15) is 0 Å². The van der Waals surface area contributed by atoms with Crippen molar-refractivity contribution in [1.29, 1.82) is 0 Å². The Bertz CT molecular complexity index is 647. The maximum Gasteiger partial charge on any atom is 0.330 e. The van der Waals surface area contributed by atoms with Crippen molar-refractivity contribution in [2.45, 2.75) is 13.2 Å². The molecule has 0 saturated carbocycles. The van der Waals surface area contributed by atoms with Gasteiger partial charge in [-0.25, -0.2) is 4.79 Å². The van der Waals surface area contributed by atoms with Gasteiger partial charge in [-0.15, -0.1) is 0 Å². The smallest absolute Gasteiger partial charge is 0.330 e. The van der Waals surface area contributed by atoms with Crippen molar-refractivity contribution in [3.63, 3.8) is 0 Å². The van der Waals surface area contributed by atoms with Crippen LogP contribution in [0.3, 0.4) is 0 Å². The van der Waals surface area contributed by atoms with Crippen LogP contribution in [0.4, 0.5) is 0 Å². The fourth-order valence-corrected chi connectivity index (χ4v) is 2.26. The zero-order chi connectivity index (χ0) is 28.1. The van der Waals surface area contributed by atoms with Gasteiger partial charge in [-0.05, 0) is 19.1 Å². The summed E-state index contributed by atoms with van der Waals surface area (Å²) in [4.78, 5) is 9.60. The third-order valence-corrected chi connectivity index (χ3v) is 4.11. The van der Waals surface area contributed by atoms with E-state index in [1.807, 2.05) is 18.2 Å². The summed E-state index contributed by atoms with van der Waals surface area (Å²) in [6.45, 7) is 10.7. The van der Waals surface area contributed by atoms with Gasteiger partial charge < -0.3 is 53.2 Å². The number of hydrogen-bond donors (Lipinski definition) is 3. The molecule has 0 radical (unpaired) electrons. The quantitative estimate of drug-likeness (QED) is 0.0913. The molecule has 1 aromatic carbocycles. The van der Waals surface area contributed by atoms with Gasteiger partial charge >= 0.3 is 5.97 Å². The minimum Gasteiger partial charge on any atom is -0.478 e. The third kappa shape index (κ3) is 26.9. The molecule has 1 rings (SSSR count). The maximum atomic E-state index is 9.72. The van der Waals surface area contributed by atoms with Crippen LogP contribution in [0, 0.1) is 0 Å². The molecule has 38 heavy (non-hydrogen) atoms. The van der Waals surface area contributed by atoms with Gasteiger partial charge in [0.2, 0.25) is 6.29 Å². The summed E-state index contributed by atoms with van der Waals surface area (Å²) in [7, 11) is 0. The average molecular weight is 549 g/mol. The predicted octanol–water partition coefficient (Wildman–Crippen LogP) is 1.14. The highest BCUT2D eigenvalue weighted by Gasteiger charge is 2.05. The fraction of sp³-hybridized carbons (Fsp3) is 0.654. The van der Waals surface area contributed by atoms with Crippen LogP contribution in [0.15, 0.2) is 42.5 Å². The standard InChI is InChI=1S/C22H38O10.C4H6O2/c23-6-7-25-8-9-26-10-11-27-12-13-28-14-15-29-16-17-30-18-19-31-20-22(24)32-21-4-2-1-3-5-21;1-3(2)4(5)6/h1-5,22-24H,6-20H2;1H2,2H3,(H,5,6). The molecule has 0 aromatic heterocycles. The Morgan fingerprint density at radius 3 is 1.39 bits per heavy atom. The summed E-state index contributed by atoms with van der Waals surface area (Å²) in [6, 6.07) is 9.08. The Kier molecular flexibility index (Phi) is 26.3. The van der Waals surface area contributed by atoms with Crippen LogP contribution in [0.2, 0.25) is 0 Å². The van der Waals surface area contributed by atoms with Crippen LogP contribution in [-0.2, 0) is 38.0 Å². The molecule has 1 aromatic rings. The summed E-state index contributed by atoms with van der Waals surface area (Å²) in [5, 5.41) is 26.1. The molecule has 1 unspecified atom stereocenters. The lowest BCUT2D eigenvalue weighted by Crippen LogP contribution is -2.23. The van der Waals surface area contributed by atoms with Crippen LogP contribution in [-0.4, -0.2) is 127 Å². The zero-order valence-electron chi connectivity index (χ0n) is 22.3. The van der Waals surface area contributed by atoms with Crippen LogP contribution >= 0.6 is 0 Å². The van der Waals surface area contributed by atoms with Crippen molar-refractivity contribution in [1.82, 2.24) is 0 Å². The first-order valence-corrected chi connectivity index (χ1v) is 12.4.